The fourth-order valence-electron chi connectivity index (χ4n) is 3.57. The zero-order valence-corrected chi connectivity index (χ0v) is 23.9. The molecule has 0 atom stereocenters. The minimum atomic E-state index is -4.00. The van der Waals surface area contributed by atoms with E-state index in [9.17, 15) is 13.2 Å². The first-order valence-corrected chi connectivity index (χ1v) is 14.5. The van der Waals surface area contributed by atoms with Crippen LogP contribution in [0.1, 0.15) is 16.7 Å². The van der Waals surface area contributed by atoms with E-state index < -0.39 is 22.5 Å². The Morgan fingerprint density at radius 1 is 0.923 bits per heavy atom. The zero-order valence-electron chi connectivity index (χ0n) is 20.7. The summed E-state index contributed by atoms with van der Waals surface area (Å²) in [4.78, 5) is 12.8. The van der Waals surface area contributed by atoms with Gasteiger partial charge in [0.25, 0.3) is 5.91 Å². The van der Waals surface area contributed by atoms with Crippen LogP contribution < -0.4 is 10.2 Å². The number of benzene rings is 4. The minimum Gasteiger partial charge on any atom is -0.489 e. The highest BCUT2D eigenvalue weighted by Crippen LogP contribution is 2.21. The molecule has 0 aliphatic heterocycles. The number of hydrazone groups is 1. The topological polar surface area (TPSA) is 88.1 Å². The fraction of sp³-hybridized carbons (Fsp3) is 0.103. The highest BCUT2D eigenvalue weighted by Gasteiger charge is 2.27. The smallest absolute Gasteiger partial charge is 0.255 e. The van der Waals surface area contributed by atoms with Gasteiger partial charge in [0.2, 0.25) is 10.0 Å². The highest BCUT2D eigenvalue weighted by molar-refractivity contribution is 9.10. The van der Waals surface area contributed by atoms with Crippen LogP contribution in [0.15, 0.2) is 118 Å². The van der Waals surface area contributed by atoms with Crippen molar-refractivity contribution in [2.75, 3.05) is 6.54 Å². The predicted molar refractivity (Wildman–Crippen MR) is 156 cm³/mol. The van der Waals surface area contributed by atoms with E-state index >= 15 is 0 Å². The van der Waals surface area contributed by atoms with E-state index in [0.29, 0.717) is 22.9 Å². The van der Waals surface area contributed by atoms with Gasteiger partial charge in [-0.2, -0.15) is 9.41 Å². The summed E-state index contributed by atoms with van der Waals surface area (Å²) in [6, 6.07) is 30.1. The van der Waals surface area contributed by atoms with Crippen molar-refractivity contribution < 1.29 is 17.9 Å². The van der Waals surface area contributed by atoms with Gasteiger partial charge in [0.15, 0.2) is 0 Å². The molecule has 4 rings (SSSR count). The fourth-order valence-corrected chi connectivity index (χ4v) is 5.35. The SMILES string of the molecule is O=C(CN(Cc1ccc(Br)cc1)S(=O)(=O)c1ccc(Cl)cc1)N/N=C\c1cccc(OCc2ccccc2)c1. The molecule has 0 radical (unpaired) electrons. The van der Waals surface area contributed by atoms with E-state index in [0.717, 1.165) is 19.9 Å². The number of rotatable bonds is 11. The highest BCUT2D eigenvalue weighted by atomic mass is 79.9. The van der Waals surface area contributed by atoms with Crippen molar-refractivity contribution in [2.24, 2.45) is 5.10 Å². The molecule has 4 aromatic carbocycles. The molecule has 0 spiro atoms. The number of sulfonamides is 1. The van der Waals surface area contributed by atoms with Crippen molar-refractivity contribution in [3.63, 3.8) is 0 Å². The van der Waals surface area contributed by atoms with Gasteiger partial charge in [0.05, 0.1) is 17.7 Å². The Morgan fingerprint density at radius 2 is 1.64 bits per heavy atom. The van der Waals surface area contributed by atoms with Crippen LogP contribution in [-0.2, 0) is 28.0 Å². The van der Waals surface area contributed by atoms with Gasteiger partial charge < -0.3 is 4.74 Å². The molecule has 0 saturated heterocycles. The van der Waals surface area contributed by atoms with Gasteiger partial charge in [0.1, 0.15) is 12.4 Å². The summed E-state index contributed by atoms with van der Waals surface area (Å²) >= 11 is 9.31. The van der Waals surface area contributed by atoms with Crippen LogP contribution in [-0.4, -0.2) is 31.4 Å². The summed E-state index contributed by atoms with van der Waals surface area (Å²) < 4.78 is 34.6. The third-order valence-electron chi connectivity index (χ3n) is 5.55. The number of nitrogens with one attached hydrogen (secondary N) is 1. The van der Waals surface area contributed by atoms with E-state index in [2.05, 4.69) is 26.5 Å². The number of carbonyl (C=O) groups excluding carboxylic acids is 1. The van der Waals surface area contributed by atoms with Crippen molar-refractivity contribution >= 4 is 49.7 Å². The lowest BCUT2D eigenvalue weighted by Gasteiger charge is -2.21. The van der Waals surface area contributed by atoms with Gasteiger partial charge in [-0.1, -0.05) is 82.1 Å². The molecule has 0 saturated carbocycles. The molecular weight excluding hydrogens is 602 g/mol. The summed E-state index contributed by atoms with van der Waals surface area (Å²) in [7, 11) is -4.00. The molecule has 200 valence electrons. The first-order chi connectivity index (χ1) is 18.8. The average molecular weight is 627 g/mol. The summed E-state index contributed by atoms with van der Waals surface area (Å²) in [6.07, 6.45) is 1.47. The quantitative estimate of drug-likeness (QED) is 0.163. The van der Waals surface area contributed by atoms with Crippen molar-refractivity contribution in [3.05, 3.63) is 129 Å². The first kappa shape index (κ1) is 28.5. The maximum atomic E-state index is 13.4. The lowest BCUT2D eigenvalue weighted by Crippen LogP contribution is -2.39. The van der Waals surface area contributed by atoms with Crippen LogP contribution in [0.2, 0.25) is 5.02 Å². The van der Waals surface area contributed by atoms with Crippen molar-refractivity contribution in [1.82, 2.24) is 9.73 Å². The van der Waals surface area contributed by atoms with E-state index in [1.165, 1.54) is 30.5 Å². The number of hydrogen-bond acceptors (Lipinski definition) is 5. The van der Waals surface area contributed by atoms with Crippen molar-refractivity contribution in [2.45, 2.75) is 18.0 Å². The standard InChI is InChI=1S/C29H25BrClN3O4S/c30-25-11-9-22(10-12-25)19-34(39(36,37)28-15-13-26(31)14-16-28)20-29(35)33-32-18-24-7-4-8-27(17-24)38-21-23-5-2-1-3-6-23/h1-18H,19-21H2,(H,33,35)/b32-18-. The second-order valence-electron chi connectivity index (χ2n) is 8.49. The summed E-state index contributed by atoms with van der Waals surface area (Å²) in [5.41, 5.74) is 4.90. The third kappa shape index (κ3) is 8.49. The Kier molecular flexibility index (Phi) is 9.89. The first-order valence-electron chi connectivity index (χ1n) is 11.9. The maximum absolute atomic E-state index is 13.4. The van der Waals surface area contributed by atoms with Crippen molar-refractivity contribution in [3.8, 4) is 5.75 Å². The Balaban J connectivity index is 1.42. The van der Waals surface area contributed by atoms with Crippen LogP contribution >= 0.6 is 27.5 Å². The van der Waals surface area contributed by atoms with Crippen LogP contribution in [0.5, 0.6) is 5.75 Å². The molecule has 4 aromatic rings. The second-order valence-corrected chi connectivity index (χ2v) is 11.8. The number of amides is 1. The molecule has 7 nitrogen and oxygen atoms in total. The summed E-state index contributed by atoms with van der Waals surface area (Å²) in [5, 5.41) is 4.43. The number of ether oxygens (including phenoxy) is 1. The lowest BCUT2D eigenvalue weighted by atomic mass is 10.2. The van der Waals surface area contributed by atoms with E-state index in [4.69, 9.17) is 16.3 Å². The number of carbonyl (C=O) groups is 1. The lowest BCUT2D eigenvalue weighted by molar-refractivity contribution is -0.121. The molecule has 0 aliphatic rings. The largest absolute Gasteiger partial charge is 0.489 e. The molecule has 39 heavy (non-hydrogen) atoms. The van der Waals surface area contributed by atoms with Crippen LogP contribution in [0.4, 0.5) is 0 Å². The van der Waals surface area contributed by atoms with Crippen LogP contribution in [0, 0.1) is 0 Å². The second kappa shape index (κ2) is 13.5. The number of hydrogen-bond donors (Lipinski definition) is 1. The minimum absolute atomic E-state index is 0.00380. The molecular formula is C29H25BrClN3O4S. The normalized spacial score (nSPS) is 11.6. The molecule has 0 heterocycles. The molecule has 0 aliphatic carbocycles. The van der Waals surface area contributed by atoms with Crippen molar-refractivity contribution in [1.29, 1.82) is 0 Å². The number of nitrogens with zero attached hydrogens (tertiary/aromatic N) is 2. The summed E-state index contributed by atoms with van der Waals surface area (Å²) in [5.74, 6) is 0.0706. The van der Waals surface area contributed by atoms with E-state index in [1.807, 2.05) is 60.7 Å². The average Bonchev–Trinajstić information content (AvgIpc) is 2.94. The van der Waals surface area contributed by atoms with Gasteiger partial charge in [-0.05, 0) is 65.2 Å². The van der Waals surface area contributed by atoms with Gasteiger partial charge in [-0.25, -0.2) is 13.8 Å². The molecule has 0 fully saturated rings. The summed E-state index contributed by atoms with van der Waals surface area (Å²) in [6.45, 7) is -0.0107. The Bertz CT molecular complexity index is 1530. The third-order valence-corrected chi connectivity index (χ3v) is 8.14. The van der Waals surface area contributed by atoms with Crippen LogP contribution in [0.25, 0.3) is 0 Å². The molecule has 1 amide bonds. The van der Waals surface area contributed by atoms with Gasteiger partial charge >= 0.3 is 0 Å². The monoisotopic (exact) mass is 625 g/mol. The molecule has 10 heteroatoms. The Labute approximate surface area is 241 Å². The van der Waals surface area contributed by atoms with E-state index in [1.54, 1.807) is 18.2 Å². The Hall–Kier alpha value is -3.50. The van der Waals surface area contributed by atoms with Gasteiger partial charge in [-0.15, -0.1) is 0 Å². The molecule has 0 unspecified atom stereocenters. The number of halogens is 2. The van der Waals surface area contributed by atoms with E-state index in [-0.39, 0.29) is 11.4 Å². The molecule has 0 aromatic heterocycles. The predicted octanol–water partition coefficient (Wildman–Crippen LogP) is 6.02. The van der Waals surface area contributed by atoms with Gasteiger partial charge in [-0.3, -0.25) is 4.79 Å². The van der Waals surface area contributed by atoms with Crippen LogP contribution in [0.3, 0.4) is 0 Å². The molecule has 0 bridgehead atoms. The Morgan fingerprint density at radius 3 is 2.36 bits per heavy atom. The zero-order chi connectivity index (χ0) is 27.7. The maximum Gasteiger partial charge on any atom is 0.255 e. The van der Waals surface area contributed by atoms with Gasteiger partial charge in [0, 0.05) is 16.0 Å². The molecule has 1 N–H and O–H groups in total.